The molecule has 2 saturated carbocycles. The van der Waals surface area contributed by atoms with Crippen molar-refractivity contribution in [2.45, 2.75) is 37.0 Å². The maximum absolute atomic E-state index is 13.9. The highest BCUT2D eigenvalue weighted by Gasteiger charge is 2.41. The highest BCUT2D eigenvalue weighted by atomic mass is 32.2. The summed E-state index contributed by atoms with van der Waals surface area (Å²) in [6, 6.07) is 1.33. The fourth-order valence-corrected chi connectivity index (χ4v) is 6.48. The number of benzene rings is 1. The fraction of sp³-hybridized carbons (Fsp3) is 0.632. The maximum Gasteiger partial charge on any atom is 0.246 e. The summed E-state index contributed by atoms with van der Waals surface area (Å²) >= 11 is 0. The Hall–Kier alpha value is -1.61. The number of fused-ring (bicyclic) bond motifs is 2. The van der Waals surface area contributed by atoms with E-state index in [1.807, 2.05) is 0 Å². The number of carbonyl (C=O) groups is 1. The van der Waals surface area contributed by atoms with Gasteiger partial charge in [0.15, 0.2) is 17.5 Å². The van der Waals surface area contributed by atoms with Crippen molar-refractivity contribution in [1.82, 2.24) is 9.21 Å². The third kappa shape index (κ3) is 3.43. The number of carbonyl (C=O) groups excluding carboxylic acids is 1. The number of piperazine rings is 1. The molecule has 0 aromatic heterocycles. The van der Waals surface area contributed by atoms with Crippen LogP contribution in [0.1, 0.15) is 32.1 Å². The lowest BCUT2D eigenvalue weighted by atomic mass is 9.86. The lowest BCUT2D eigenvalue weighted by Crippen LogP contribution is -2.51. The molecule has 5 nitrogen and oxygen atoms in total. The SMILES string of the molecule is O=C(C[C@H]1C[C@H]2CC[C@@H]1C2)N1CCN(S(=O)(=O)c2ccc(F)c(F)c2F)CC1. The average molecular weight is 416 g/mol. The van der Waals surface area contributed by atoms with Crippen molar-refractivity contribution in [2.75, 3.05) is 26.2 Å². The molecule has 1 saturated heterocycles. The van der Waals surface area contributed by atoms with Gasteiger partial charge in [0.2, 0.25) is 15.9 Å². The monoisotopic (exact) mass is 416 g/mol. The number of nitrogens with zero attached hydrogens (tertiary/aromatic N) is 2. The van der Waals surface area contributed by atoms with Crippen LogP contribution >= 0.6 is 0 Å². The van der Waals surface area contributed by atoms with E-state index < -0.39 is 32.4 Å². The molecule has 0 spiro atoms. The molecular formula is C19H23F3N2O3S. The lowest BCUT2D eigenvalue weighted by Gasteiger charge is -2.35. The Balaban J connectivity index is 1.38. The molecule has 1 amide bonds. The molecule has 2 bridgehead atoms. The molecule has 3 aliphatic rings. The van der Waals surface area contributed by atoms with Gasteiger partial charge in [-0.25, -0.2) is 21.6 Å². The smallest absolute Gasteiger partial charge is 0.246 e. The quantitative estimate of drug-likeness (QED) is 0.710. The van der Waals surface area contributed by atoms with Crippen LogP contribution in [0.4, 0.5) is 13.2 Å². The van der Waals surface area contributed by atoms with Gasteiger partial charge in [-0.2, -0.15) is 4.31 Å². The second kappa shape index (κ2) is 7.33. The van der Waals surface area contributed by atoms with E-state index in [0.29, 0.717) is 24.3 Å². The van der Waals surface area contributed by atoms with E-state index in [2.05, 4.69) is 0 Å². The van der Waals surface area contributed by atoms with Crippen molar-refractivity contribution in [3.8, 4) is 0 Å². The standard InChI is InChI=1S/C19H23F3N2O3S/c20-15-3-4-16(19(22)18(15)21)28(26,27)24-7-5-23(6-8-24)17(25)11-14-10-12-1-2-13(14)9-12/h3-4,12-14H,1-2,5-11H2/t12-,13+,14+/m0/s1. The van der Waals surface area contributed by atoms with Crippen LogP contribution < -0.4 is 0 Å². The molecule has 0 N–H and O–H groups in total. The minimum atomic E-state index is -4.30. The van der Waals surface area contributed by atoms with Crippen LogP contribution in [0.25, 0.3) is 0 Å². The molecule has 28 heavy (non-hydrogen) atoms. The fourth-order valence-electron chi connectivity index (χ4n) is 5.00. The second-order valence-corrected chi connectivity index (χ2v) is 10.0. The molecule has 1 aromatic carbocycles. The summed E-state index contributed by atoms with van der Waals surface area (Å²) in [7, 11) is -4.30. The van der Waals surface area contributed by atoms with Gasteiger partial charge < -0.3 is 4.90 Å². The summed E-state index contributed by atoms with van der Waals surface area (Å²) in [6.45, 7) is 0.431. The Bertz CT molecular complexity index is 885. The number of hydrogen-bond donors (Lipinski definition) is 0. The summed E-state index contributed by atoms with van der Waals surface area (Å²) in [5.41, 5.74) is 0. The predicted molar refractivity (Wildman–Crippen MR) is 95.2 cm³/mol. The van der Waals surface area contributed by atoms with Gasteiger partial charge in [0.05, 0.1) is 0 Å². The zero-order valence-electron chi connectivity index (χ0n) is 15.4. The van der Waals surface area contributed by atoms with Crippen molar-refractivity contribution in [2.24, 2.45) is 17.8 Å². The minimum absolute atomic E-state index is 0.00320. The van der Waals surface area contributed by atoms with Crippen molar-refractivity contribution in [1.29, 1.82) is 0 Å². The summed E-state index contributed by atoms with van der Waals surface area (Å²) in [5.74, 6) is -3.08. The Kier molecular flexibility index (Phi) is 5.16. The zero-order chi connectivity index (χ0) is 20.1. The van der Waals surface area contributed by atoms with Crippen molar-refractivity contribution >= 4 is 15.9 Å². The van der Waals surface area contributed by atoms with E-state index >= 15 is 0 Å². The first kappa shape index (κ1) is 19.7. The summed E-state index contributed by atoms with van der Waals surface area (Å²) in [5, 5.41) is 0. The van der Waals surface area contributed by atoms with E-state index in [1.54, 1.807) is 4.90 Å². The van der Waals surface area contributed by atoms with Gasteiger partial charge >= 0.3 is 0 Å². The Labute approximate surface area is 162 Å². The van der Waals surface area contributed by atoms with E-state index in [-0.39, 0.29) is 32.1 Å². The summed E-state index contributed by atoms with van der Waals surface area (Å²) in [6.07, 6.45) is 5.32. The molecule has 1 aliphatic heterocycles. The molecule has 0 unspecified atom stereocenters. The van der Waals surface area contributed by atoms with Crippen molar-refractivity contribution in [3.05, 3.63) is 29.6 Å². The Morgan fingerprint density at radius 2 is 1.71 bits per heavy atom. The van der Waals surface area contributed by atoms with Crippen LogP contribution in [-0.4, -0.2) is 49.7 Å². The number of sulfonamides is 1. The highest BCUT2D eigenvalue weighted by Crippen LogP contribution is 2.49. The van der Waals surface area contributed by atoms with Gasteiger partial charge in [-0.1, -0.05) is 6.42 Å². The Morgan fingerprint density at radius 1 is 1.00 bits per heavy atom. The number of rotatable bonds is 4. The molecule has 154 valence electrons. The minimum Gasteiger partial charge on any atom is -0.340 e. The van der Waals surface area contributed by atoms with Crippen molar-refractivity contribution < 1.29 is 26.4 Å². The number of halogens is 3. The van der Waals surface area contributed by atoms with Crippen LogP contribution in [0, 0.1) is 35.2 Å². The molecule has 9 heteroatoms. The predicted octanol–water partition coefficient (Wildman–Crippen LogP) is 2.76. The maximum atomic E-state index is 13.9. The summed E-state index contributed by atoms with van der Waals surface area (Å²) in [4.78, 5) is 13.4. The van der Waals surface area contributed by atoms with Crippen LogP contribution in [0.5, 0.6) is 0 Å². The van der Waals surface area contributed by atoms with Crippen molar-refractivity contribution in [3.63, 3.8) is 0 Å². The normalized spacial score (nSPS) is 28.1. The molecule has 4 rings (SSSR count). The lowest BCUT2D eigenvalue weighted by molar-refractivity contribution is -0.133. The topological polar surface area (TPSA) is 57.7 Å². The van der Waals surface area contributed by atoms with E-state index in [4.69, 9.17) is 0 Å². The average Bonchev–Trinajstić information content (AvgIpc) is 3.29. The van der Waals surface area contributed by atoms with Gasteiger partial charge in [-0.05, 0) is 49.1 Å². The van der Waals surface area contributed by atoms with Crippen LogP contribution in [0.2, 0.25) is 0 Å². The first-order chi connectivity index (χ1) is 13.3. The van der Waals surface area contributed by atoms with Gasteiger partial charge in [0.25, 0.3) is 0 Å². The summed E-state index contributed by atoms with van der Waals surface area (Å²) < 4.78 is 66.7. The van der Waals surface area contributed by atoms with Crippen LogP contribution in [-0.2, 0) is 14.8 Å². The van der Waals surface area contributed by atoms with E-state index in [0.717, 1.165) is 22.7 Å². The third-order valence-electron chi connectivity index (χ3n) is 6.53. The first-order valence-electron chi connectivity index (χ1n) is 9.68. The third-order valence-corrected chi connectivity index (χ3v) is 8.45. The van der Waals surface area contributed by atoms with Gasteiger partial charge in [0.1, 0.15) is 4.90 Å². The number of amides is 1. The van der Waals surface area contributed by atoms with Crippen LogP contribution in [0.3, 0.4) is 0 Å². The first-order valence-corrected chi connectivity index (χ1v) is 11.1. The largest absolute Gasteiger partial charge is 0.340 e. The Morgan fingerprint density at radius 3 is 2.32 bits per heavy atom. The second-order valence-electron chi connectivity index (χ2n) is 8.10. The molecule has 3 fully saturated rings. The molecule has 3 atom stereocenters. The van der Waals surface area contributed by atoms with Gasteiger partial charge in [0, 0.05) is 32.6 Å². The highest BCUT2D eigenvalue weighted by molar-refractivity contribution is 7.89. The number of hydrogen-bond acceptors (Lipinski definition) is 3. The van der Waals surface area contributed by atoms with E-state index in [9.17, 15) is 26.4 Å². The molecular weight excluding hydrogens is 393 g/mol. The van der Waals surface area contributed by atoms with E-state index in [1.165, 1.54) is 19.3 Å². The van der Waals surface area contributed by atoms with Gasteiger partial charge in [-0.3, -0.25) is 4.79 Å². The van der Waals surface area contributed by atoms with Gasteiger partial charge in [-0.15, -0.1) is 0 Å². The molecule has 2 aliphatic carbocycles. The molecule has 0 radical (unpaired) electrons. The zero-order valence-corrected chi connectivity index (χ0v) is 16.2. The molecule has 1 heterocycles. The van der Waals surface area contributed by atoms with Crippen LogP contribution in [0.15, 0.2) is 17.0 Å². The molecule has 1 aromatic rings.